The summed E-state index contributed by atoms with van der Waals surface area (Å²) < 4.78 is 0. The molecule has 3 heteroatoms. The average Bonchev–Trinajstić information content (AvgIpc) is 2.33. The van der Waals surface area contributed by atoms with Crippen LogP contribution in [-0.2, 0) is 0 Å². The van der Waals surface area contributed by atoms with Gasteiger partial charge in [0, 0.05) is 6.20 Å². The van der Waals surface area contributed by atoms with Crippen LogP contribution in [0.5, 0.6) is 0 Å². The van der Waals surface area contributed by atoms with Gasteiger partial charge in [-0.25, -0.2) is 9.97 Å². The Hall–Kier alpha value is -1.38. The maximum atomic E-state index is 4.19. The van der Waals surface area contributed by atoms with E-state index in [2.05, 4.69) is 15.0 Å². The molecule has 0 spiro atoms. The fourth-order valence-electron chi connectivity index (χ4n) is 0.936. The van der Waals surface area contributed by atoms with Crippen LogP contribution in [0, 0.1) is 6.92 Å². The number of aromatic amines is 1. The Morgan fingerprint density at radius 3 is 3.30 bits per heavy atom. The molecular formula is C7H7N3. The second-order valence-electron chi connectivity index (χ2n) is 2.19. The summed E-state index contributed by atoms with van der Waals surface area (Å²) >= 11 is 0. The molecule has 0 saturated heterocycles. The van der Waals surface area contributed by atoms with Crippen LogP contribution in [0.25, 0.3) is 11.0 Å². The van der Waals surface area contributed by atoms with Crippen LogP contribution in [0.15, 0.2) is 18.5 Å². The second-order valence-corrected chi connectivity index (χ2v) is 2.19. The van der Waals surface area contributed by atoms with Crippen molar-refractivity contribution in [2.24, 2.45) is 0 Å². The van der Waals surface area contributed by atoms with Gasteiger partial charge in [-0.1, -0.05) is 0 Å². The molecule has 0 atom stereocenters. The van der Waals surface area contributed by atoms with E-state index >= 15 is 0 Å². The molecule has 0 aliphatic rings. The van der Waals surface area contributed by atoms with Crippen molar-refractivity contribution in [2.75, 3.05) is 0 Å². The predicted octanol–water partition coefficient (Wildman–Crippen LogP) is 1.27. The van der Waals surface area contributed by atoms with Crippen molar-refractivity contribution in [2.45, 2.75) is 6.92 Å². The number of rotatable bonds is 0. The third-order valence-corrected chi connectivity index (χ3v) is 1.42. The Labute approximate surface area is 58.1 Å². The first-order chi connectivity index (χ1) is 4.86. The fourth-order valence-corrected chi connectivity index (χ4v) is 0.936. The third-order valence-electron chi connectivity index (χ3n) is 1.42. The zero-order chi connectivity index (χ0) is 6.97. The molecule has 2 aromatic heterocycles. The van der Waals surface area contributed by atoms with Crippen molar-refractivity contribution in [1.82, 2.24) is 15.0 Å². The van der Waals surface area contributed by atoms with Crippen molar-refractivity contribution >= 4 is 11.0 Å². The van der Waals surface area contributed by atoms with Crippen molar-refractivity contribution in [3.63, 3.8) is 0 Å². The first-order valence-electron chi connectivity index (χ1n) is 3.13. The number of aryl methyl sites for hydroxylation is 1. The van der Waals surface area contributed by atoms with E-state index in [1.807, 2.05) is 19.2 Å². The zero-order valence-corrected chi connectivity index (χ0v) is 5.63. The van der Waals surface area contributed by atoms with Crippen molar-refractivity contribution in [3.8, 4) is 0 Å². The number of H-pyrrole nitrogens is 1. The molecule has 10 heavy (non-hydrogen) atoms. The number of hydrogen-bond acceptors (Lipinski definition) is 2. The summed E-state index contributed by atoms with van der Waals surface area (Å²) in [5, 5.41) is 0. The molecule has 2 heterocycles. The Balaban J connectivity index is 2.86. The summed E-state index contributed by atoms with van der Waals surface area (Å²) in [6.07, 6.45) is 3.65. The summed E-state index contributed by atoms with van der Waals surface area (Å²) in [6.45, 7) is 1.88. The summed E-state index contributed by atoms with van der Waals surface area (Å²) in [5.74, 6) is 0.812. The molecule has 0 radical (unpaired) electrons. The first kappa shape index (κ1) is 5.41. The van der Waals surface area contributed by atoms with Gasteiger partial charge >= 0.3 is 0 Å². The minimum absolute atomic E-state index is 0.812. The van der Waals surface area contributed by atoms with Gasteiger partial charge in [-0.05, 0) is 13.0 Å². The lowest BCUT2D eigenvalue weighted by Gasteiger charge is -1.88. The van der Waals surface area contributed by atoms with Gasteiger partial charge < -0.3 is 4.98 Å². The van der Waals surface area contributed by atoms with Crippen LogP contribution < -0.4 is 0 Å². The quantitative estimate of drug-likeness (QED) is 0.588. The van der Waals surface area contributed by atoms with Crippen LogP contribution in [-0.4, -0.2) is 15.0 Å². The fraction of sp³-hybridized carbons (Fsp3) is 0.143. The Bertz CT molecular complexity index is 350. The van der Waals surface area contributed by atoms with Gasteiger partial charge in [-0.2, -0.15) is 0 Å². The number of fused-ring (bicyclic) bond motifs is 1. The van der Waals surface area contributed by atoms with Crippen LogP contribution in [0.1, 0.15) is 5.82 Å². The zero-order valence-electron chi connectivity index (χ0n) is 5.63. The number of nitrogens with one attached hydrogen (secondary N) is 1. The highest BCUT2D eigenvalue weighted by Crippen LogP contribution is 2.05. The third kappa shape index (κ3) is 0.673. The smallest absolute Gasteiger partial charge is 0.126 e. The van der Waals surface area contributed by atoms with Crippen LogP contribution >= 0.6 is 0 Å². The molecule has 0 amide bonds. The van der Waals surface area contributed by atoms with E-state index < -0.39 is 0 Å². The topological polar surface area (TPSA) is 41.6 Å². The van der Waals surface area contributed by atoms with Gasteiger partial charge in [0.25, 0.3) is 0 Å². The minimum Gasteiger partial charge on any atom is -0.359 e. The van der Waals surface area contributed by atoms with E-state index in [0.29, 0.717) is 0 Å². The van der Waals surface area contributed by atoms with Crippen LogP contribution in [0.4, 0.5) is 0 Å². The summed E-state index contributed by atoms with van der Waals surface area (Å²) in [4.78, 5) is 11.3. The molecule has 0 aliphatic carbocycles. The Morgan fingerprint density at radius 1 is 1.50 bits per heavy atom. The maximum Gasteiger partial charge on any atom is 0.126 e. The van der Waals surface area contributed by atoms with E-state index in [1.54, 1.807) is 6.20 Å². The number of hydrogen-bond donors (Lipinski definition) is 1. The first-order valence-corrected chi connectivity index (χ1v) is 3.13. The summed E-state index contributed by atoms with van der Waals surface area (Å²) in [6, 6.07) is 1.93. The highest BCUT2D eigenvalue weighted by molar-refractivity contribution is 5.73. The minimum atomic E-state index is 0.812. The molecular weight excluding hydrogens is 126 g/mol. The highest BCUT2D eigenvalue weighted by atomic mass is 14.9. The number of aromatic nitrogens is 3. The van der Waals surface area contributed by atoms with E-state index in [1.165, 1.54) is 0 Å². The largest absolute Gasteiger partial charge is 0.359 e. The maximum absolute atomic E-state index is 4.19. The lowest BCUT2D eigenvalue weighted by Crippen LogP contribution is -1.84. The lowest BCUT2D eigenvalue weighted by atomic mass is 10.4. The predicted molar refractivity (Wildman–Crippen MR) is 38.6 cm³/mol. The van der Waals surface area contributed by atoms with E-state index in [4.69, 9.17) is 0 Å². The van der Waals surface area contributed by atoms with E-state index in [-0.39, 0.29) is 0 Å². The molecule has 0 bridgehead atoms. The van der Waals surface area contributed by atoms with Gasteiger partial charge in [0.1, 0.15) is 5.82 Å². The molecule has 0 aromatic carbocycles. The SMILES string of the molecule is Cc1ncc2[nH]ccc2n1. The Kier molecular flexibility index (Phi) is 0.974. The lowest BCUT2D eigenvalue weighted by molar-refractivity contribution is 1.09. The van der Waals surface area contributed by atoms with Gasteiger partial charge in [0.15, 0.2) is 0 Å². The molecule has 2 rings (SSSR count). The van der Waals surface area contributed by atoms with Gasteiger partial charge in [0.05, 0.1) is 17.2 Å². The van der Waals surface area contributed by atoms with Crippen molar-refractivity contribution in [1.29, 1.82) is 0 Å². The van der Waals surface area contributed by atoms with Crippen LogP contribution in [0.2, 0.25) is 0 Å². The molecule has 50 valence electrons. The van der Waals surface area contributed by atoms with Gasteiger partial charge in [0.2, 0.25) is 0 Å². The second kappa shape index (κ2) is 1.80. The summed E-state index contributed by atoms with van der Waals surface area (Å²) in [7, 11) is 0. The molecule has 2 aromatic rings. The Morgan fingerprint density at radius 2 is 2.40 bits per heavy atom. The molecule has 3 nitrogen and oxygen atoms in total. The van der Waals surface area contributed by atoms with Crippen molar-refractivity contribution in [3.05, 3.63) is 24.3 Å². The monoisotopic (exact) mass is 133 g/mol. The van der Waals surface area contributed by atoms with Gasteiger partial charge in [-0.15, -0.1) is 0 Å². The van der Waals surface area contributed by atoms with E-state index in [9.17, 15) is 0 Å². The number of nitrogens with zero attached hydrogens (tertiary/aromatic N) is 2. The molecule has 0 unspecified atom stereocenters. The normalized spacial score (nSPS) is 10.5. The average molecular weight is 133 g/mol. The molecule has 0 aliphatic heterocycles. The van der Waals surface area contributed by atoms with Crippen LogP contribution in [0.3, 0.4) is 0 Å². The molecule has 0 saturated carbocycles. The standard InChI is InChI=1S/C7H7N3/c1-5-9-4-7-6(10-5)2-3-8-7/h2-4,8H,1H3. The molecule has 0 fully saturated rings. The highest BCUT2D eigenvalue weighted by Gasteiger charge is 1.93. The van der Waals surface area contributed by atoms with Crippen molar-refractivity contribution < 1.29 is 0 Å². The molecule has 1 N–H and O–H groups in total. The summed E-state index contributed by atoms with van der Waals surface area (Å²) in [5.41, 5.74) is 1.97. The van der Waals surface area contributed by atoms with Gasteiger partial charge in [-0.3, -0.25) is 0 Å². The van der Waals surface area contributed by atoms with E-state index in [0.717, 1.165) is 16.9 Å².